The summed E-state index contributed by atoms with van der Waals surface area (Å²) in [5.41, 5.74) is 0.874. The molecule has 0 radical (unpaired) electrons. The number of aliphatic hydroxyl groups is 1. The Morgan fingerprint density at radius 1 is 1.36 bits per heavy atom. The first-order chi connectivity index (χ1) is 12.0. The molecule has 0 bridgehead atoms. The van der Waals surface area contributed by atoms with Gasteiger partial charge in [0.2, 0.25) is 10.0 Å². The monoisotopic (exact) mass is 365 g/mol. The summed E-state index contributed by atoms with van der Waals surface area (Å²) >= 11 is 0. The maximum Gasteiger partial charge on any atom is 0.243 e. The molecular weight excluding hydrogens is 342 g/mol. The van der Waals surface area contributed by atoms with E-state index in [-0.39, 0.29) is 17.4 Å². The van der Waals surface area contributed by atoms with Crippen LogP contribution in [0.2, 0.25) is 0 Å². The molecule has 1 aliphatic rings. The van der Waals surface area contributed by atoms with E-state index >= 15 is 0 Å². The Morgan fingerprint density at radius 3 is 2.96 bits per heavy atom. The second kappa shape index (κ2) is 7.55. The quantitative estimate of drug-likeness (QED) is 0.838. The molecule has 2 heterocycles. The van der Waals surface area contributed by atoms with Gasteiger partial charge in [0.05, 0.1) is 30.9 Å². The lowest BCUT2D eigenvalue weighted by atomic mass is 9.96. The zero-order valence-electron chi connectivity index (χ0n) is 14.2. The normalized spacial score (nSPS) is 19.0. The van der Waals surface area contributed by atoms with Crippen molar-refractivity contribution in [1.29, 1.82) is 0 Å². The molecule has 0 amide bonds. The van der Waals surface area contributed by atoms with Crippen LogP contribution >= 0.6 is 0 Å². The number of benzene rings is 1. The van der Waals surface area contributed by atoms with Crippen molar-refractivity contribution in [2.75, 3.05) is 26.8 Å². The van der Waals surface area contributed by atoms with Gasteiger partial charge in [-0.05, 0) is 31.0 Å². The Balaban J connectivity index is 1.79. The van der Waals surface area contributed by atoms with E-state index in [1.165, 1.54) is 11.4 Å². The van der Waals surface area contributed by atoms with E-state index in [0.29, 0.717) is 25.4 Å². The second-order valence-corrected chi connectivity index (χ2v) is 8.05. The fourth-order valence-electron chi connectivity index (χ4n) is 3.13. The summed E-state index contributed by atoms with van der Waals surface area (Å²) in [6.45, 7) is 1.39. The van der Waals surface area contributed by atoms with E-state index in [9.17, 15) is 8.42 Å². The molecule has 1 fully saturated rings. The van der Waals surface area contributed by atoms with Crippen LogP contribution in [0.15, 0.2) is 41.4 Å². The van der Waals surface area contributed by atoms with Gasteiger partial charge in [-0.25, -0.2) is 8.42 Å². The van der Waals surface area contributed by atoms with Gasteiger partial charge in [-0.2, -0.15) is 9.40 Å². The number of sulfonamides is 1. The van der Waals surface area contributed by atoms with Crippen LogP contribution < -0.4 is 4.74 Å². The molecule has 1 aromatic carbocycles. The van der Waals surface area contributed by atoms with Crippen molar-refractivity contribution >= 4 is 10.0 Å². The second-order valence-electron chi connectivity index (χ2n) is 6.11. The number of rotatable bonds is 6. The summed E-state index contributed by atoms with van der Waals surface area (Å²) in [4.78, 5) is 0.248. The lowest BCUT2D eigenvalue weighted by Gasteiger charge is -2.31. The molecule has 25 heavy (non-hydrogen) atoms. The van der Waals surface area contributed by atoms with Gasteiger partial charge in [0.15, 0.2) is 0 Å². The highest BCUT2D eigenvalue weighted by molar-refractivity contribution is 7.89. The molecule has 1 saturated heterocycles. The number of aromatic nitrogens is 2. The van der Waals surface area contributed by atoms with E-state index in [1.54, 1.807) is 28.9 Å². The SMILES string of the molecule is COc1cccc(S(=O)(=O)N2CCC[C@H](c3ccn(CCO)n3)C2)c1. The predicted molar refractivity (Wildman–Crippen MR) is 93.0 cm³/mol. The zero-order valence-corrected chi connectivity index (χ0v) is 15.0. The lowest BCUT2D eigenvalue weighted by Crippen LogP contribution is -2.39. The highest BCUT2D eigenvalue weighted by Crippen LogP contribution is 2.30. The van der Waals surface area contributed by atoms with Gasteiger partial charge in [-0.1, -0.05) is 6.07 Å². The Morgan fingerprint density at radius 2 is 2.20 bits per heavy atom. The lowest BCUT2D eigenvalue weighted by molar-refractivity contribution is 0.267. The molecule has 136 valence electrons. The van der Waals surface area contributed by atoms with E-state index in [4.69, 9.17) is 9.84 Å². The Labute approximate surface area is 147 Å². The molecule has 1 aromatic heterocycles. The first-order valence-electron chi connectivity index (χ1n) is 8.33. The van der Waals surface area contributed by atoms with Gasteiger partial charge in [0, 0.05) is 31.3 Å². The molecule has 0 unspecified atom stereocenters. The standard InChI is InChI=1S/C17H23N3O4S/c1-24-15-5-2-6-16(12-15)25(22,23)20-8-3-4-14(13-20)17-7-9-19(18-17)10-11-21/h2,5-7,9,12,14,21H,3-4,8,10-11,13H2,1H3/t14-/m0/s1. The van der Waals surface area contributed by atoms with Crippen molar-refractivity contribution in [3.05, 3.63) is 42.2 Å². The van der Waals surface area contributed by atoms with Crippen LogP contribution in [0.1, 0.15) is 24.5 Å². The molecule has 1 N–H and O–H groups in total. The number of piperidine rings is 1. The van der Waals surface area contributed by atoms with E-state index in [1.807, 2.05) is 12.3 Å². The van der Waals surface area contributed by atoms with Crippen LogP contribution in [0, 0.1) is 0 Å². The van der Waals surface area contributed by atoms with Crippen LogP contribution in [-0.4, -0.2) is 54.4 Å². The summed E-state index contributed by atoms with van der Waals surface area (Å²) in [7, 11) is -2.04. The minimum atomic E-state index is -3.56. The summed E-state index contributed by atoms with van der Waals surface area (Å²) in [6, 6.07) is 8.46. The van der Waals surface area contributed by atoms with Crippen LogP contribution in [0.5, 0.6) is 5.75 Å². The minimum Gasteiger partial charge on any atom is -0.497 e. The van der Waals surface area contributed by atoms with E-state index in [0.717, 1.165) is 18.5 Å². The van der Waals surface area contributed by atoms with Crippen LogP contribution in [-0.2, 0) is 16.6 Å². The van der Waals surface area contributed by atoms with Crippen LogP contribution in [0.4, 0.5) is 0 Å². The zero-order chi connectivity index (χ0) is 17.9. The van der Waals surface area contributed by atoms with Crippen molar-refractivity contribution in [2.45, 2.75) is 30.2 Å². The summed E-state index contributed by atoms with van der Waals surface area (Å²) in [5, 5.41) is 13.5. The average molecular weight is 365 g/mol. The maximum atomic E-state index is 13.0. The third-order valence-electron chi connectivity index (χ3n) is 4.47. The smallest absolute Gasteiger partial charge is 0.243 e. The minimum absolute atomic E-state index is 0.0299. The summed E-state index contributed by atoms with van der Waals surface area (Å²) < 4.78 is 34.3. The van der Waals surface area contributed by atoms with Crippen molar-refractivity contribution in [3.63, 3.8) is 0 Å². The van der Waals surface area contributed by atoms with Gasteiger partial charge in [-0.3, -0.25) is 4.68 Å². The molecule has 7 nitrogen and oxygen atoms in total. The average Bonchev–Trinajstić information content (AvgIpc) is 3.11. The highest BCUT2D eigenvalue weighted by Gasteiger charge is 2.32. The third kappa shape index (κ3) is 3.86. The van der Waals surface area contributed by atoms with Crippen LogP contribution in [0.25, 0.3) is 0 Å². The van der Waals surface area contributed by atoms with E-state index < -0.39 is 10.0 Å². The first kappa shape index (κ1) is 17.9. The summed E-state index contributed by atoms with van der Waals surface area (Å²) in [5.74, 6) is 0.589. The highest BCUT2D eigenvalue weighted by atomic mass is 32.2. The molecule has 1 aliphatic heterocycles. The molecule has 1 atom stereocenters. The summed E-state index contributed by atoms with van der Waals surface area (Å²) in [6.07, 6.45) is 3.52. The molecular formula is C17H23N3O4S. The number of hydrogen-bond donors (Lipinski definition) is 1. The van der Waals surface area contributed by atoms with Crippen molar-refractivity contribution in [3.8, 4) is 5.75 Å². The first-order valence-corrected chi connectivity index (χ1v) is 9.77. The Bertz CT molecular complexity index is 819. The number of ether oxygens (including phenoxy) is 1. The molecule has 0 spiro atoms. The predicted octanol–water partition coefficient (Wildman–Crippen LogP) is 1.45. The Hall–Kier alpha value is -1.90. The van der Waals surface area contributed by atoms with Gasteiger partial charge in [0.1, 0.15) is 5.75 Å². The fraction of sp³-hybridized carbons (Fsp3) is 0.471. The van der Waals surface area contributed by atoms with Gasteiger partial charge in [0.25, 0.3) is 0 Å². The number of aliphatic hydroxyl groups excluding tert-OH is 1. The number of methoxy groups -OCH3 is 1. The van der Waals surface area contributed by atoms with Gasteiger partial charge >= 0.3 is 0 Å². The van der Waals surface area contributed by atoms with Crippen molar-refractivity contribution in [2.24, 2.45) is 0 Å². The third-order valence-corrected chi connectivity index (χ3v) is 6.33. The van der Waals surface area contributed by atoms with Crippen molar-refractivity contribution in [1.82, 2.24) is 14.1 Å². The number of hydrogen-bond acceptors (Lipinski definition) is 5. The largest absolute Gasteiger partial charge is 0.497 e. The van der Waals surface area contributed by atoms with Gasteiger partial charge < -0.3 is 9.84 Å². The molecule has 8 heteroatoms. The molecule has 3 rings (SSSR count). The topological polar surface area (TPSA) is 84.7 Å². The molecule has 2 aromatic rings. The fourth-order valence-corrected chi connectivity index (χ4v) is 4.69. The van der Waals surface area contributed by atoms with Crippen molar-refractivity contribution < 1.29 is 18.3 Å². The van der Waals surface area contributed by atoms with Gasteiger partial charge in [-0.15, -0.1) is 0 Å². The van der Waals surface area contributed by atoms with Crippen LogP contribution in [0.3, 0.4) is 0 Å². The molecule has 0 saturated carbocycles. The maximum absolute atomic E-state index is 13.0. The Kier molecular flexibility index (Phi) is 5.41. The number of nitrogens with zero attached hydrogens (tertiary/aromatic N) is 3. The van der Waals surface area contributed by atoms with E-state index in [2.05, 4.69) is 5.10 Å². The molecule has 0 aliphatic carbocycles.